The van der Waals surface area contributed by atoms with Gasteiger partial charge in [0.05, 0.1) is 5.69 Å². The van der Waals surface area contributed by atoms with Crippen LogP contribution in [0.4, 0.5) is 5.82 Å². The molecule has 0 saturated carbocycles. The average molecular weight is 246 g/mol. The molecule has 2 N–H and O–H groups in total. The van der Waals surface area contributed by atoms with E-state index in [9.17, 15) is 4.79 Å². The minimum absolute atomic E-state index is 0.0397. The monoisotopic (exact) mass is 246 g/mol. The normalized spacial score (nSPS) is 10.3. The molecular weight excluding hydrogens is 232 g/mol. The summed E-state index contributed by atoms with van der Waals surface area (Å²) in [6.07, 6.45) is 2.65. The maximum absolute atomic E-state index is 10.7. The second kappa shape index (κ2) is 5.31. The van der Waals surface area contributed by atoms with Gasteiger partial charge >= 0.3 is 5.97 Å². The highest BCUT2D eigenvalue weighted by Crippen LogP contribution is 2.05. The molecule has 2 rings (SSSR count). The molecule has 94 valence electrons. The molecule has 0 unspecified atom stereocenters. The molecule has 6 nitrogen and oxygen atoms in total. The van der Waals surface area contributed by atoms with E-state index in [0.717, 1.165) is 12.1 Å². The van der Waals surface area contributed by atoms with Crippen LogP contribution in [0.3, 0.4) is 0 Å². The summed E-state index contributed by atoms with van der Waals surface area (Å²) < 4.78 is 1.75. The molecule has 2 heterocycles. The van der Waals surface area contributed by atoms with Crippen molar-refractivity contribution in [2.24, 2.45) is 7.05 Å². The van der Waals surface area contributed by atoms with E-state index < -0.39 is 5.97 Å². The van der Waals surface area contributed by atoms with Crippen LogP contribution in [0.1, 0.15) is 16.2 Å². The van der Waals surface area contributed by atoms with Crippen LogP contribution in [-0.4, -0.2) is 32.4 Å². The quantitative estimate of drug-likeness (QED) is 0.827. The van der Waals surface area contributed by atoms with Gasteiger partial charge in [0.15, 0.2) is 5.69 Å². The summed E-state index contributed by atoms with van der Waals surface area (Å²) in [6, 6.07) is 6.82. The molecule has 0 amide bonds. The van der Waals surface area contributed by atoms with Crippen LogP contribution in [0.25, 0.3) is 0 Å². The number of hydrogen-bond acceptors (Lipinski definition) is 4. The lowest BCUT2D eigenvalue weighted by Crippen LogP contribution is -2.09. The Labute approximate surface area is 104 Å². The zero-order valence-electron chi connectivity index (χ0n) is 10.00. The molecule has 2 aromatic rings. The standard InChI is InChI=1S/C12H14N4O2/c1-16-8-6-9(15-16)5-7-13-11-4-2-3-10(14-11)12(17)18/h2-4,6,8H,5,7H2,1H3,(H,13,14)(H,17,18). The molecule has 0 atom stereocenters. The third-order valence-corrected chi connectivity index (χ3v) is 2.42. The Bertz CT molecular complexity index is 551. The predicted octanol–water partition coefficient (Wildman–Crippen LogP) is 1.17. The molecule has 2 aromatic heterocycles. The number of aromatic carboxylic acids is 1. The van der Waals surface area contributed by atoms with Gasteiger partial charge in [0.2, 0.25) is 0 Å². The molecule has 18 heavy (non-hydrogen) atoms. The molecule has 0 spiro atoms. The second-order valence-corrected chi connectivity index (χ2v) is 3.87. The number of pyridine rings is 1. The van der Waals surface area contributed by atoms with Crippen LogP contribution < -0.4 is 5.32 Å². The van der Waals surface area contributed by atoms with Crippen molar-refractivity contribution in [1.82, 2.24) is 14.8 Å². The van der Waals surface area contributed by atoms with Crippen molar-refractivity contribution in [2.45, 2.75) is 6.42 Å². The van der Waals surface area contributed by atoms with E-state index in [4.69, 9.17) is 5.11 Å². The number of carboxylic acid groups (broad SMARTS) is 1. The van der Waals surface area contributed by atoms with Gasteiger partial charge in [-0.25, -0.2) is 9.78 Å². The molecule has 0 bridgehead atoms. The molecule has 0 fully saturated rings. The van der Waals surface area contributed by atoms with Gasteiger partial charge in [0.1, 0.15) is 5.82 Å². The van der Waals surface area contributed by atoms with Gasteiger partial charge in [-0.15, -0.1) is 0 Å². The number of nitrogens with zero attached hydrogens (tertiary/aromatic N) is 3. The van der Waals surface area contributed by atoms with E-state index in [1.54, 1.807) is 16.8 Å². The Balaban J connectivity index is 1.90. The Morgan fingerprint density at radius 1 is 1.44 bits per heavy atom. The number of aryl methyl sites for hydroxylation is 1. The van der Waals surface area contributed by atoms with E-state index in [0.29, 0.717) is 12.4 Å². The fraction of sp³-hybridized carbons (Fsp3) is 0.250. The lowest BCUT2D eigenvalue weighted by Gasteiger charge is -2.04. The summed E-state index contributed by atoms with van der Waals surface area (Å²) in [5, 5.41) is 16.1. The average Bonchev–Trinajstić information content (AvgIpc) is 2.75. The van der Waals surface area contributed by atoms with Crippen LogP contribution in [0.5, 0.6) is 0 Å². The Morgan fingerprint density at radius 3 is 2.94 bits per heavy atom. The number of carbonyl (C=O) groups is 1. The lowest BCUT2D eigenvalue weighted by molar-refractivity contribution is 0.0690. The molecule has 0 aliphatic rings. The van der Waals surface area contributed by atoms with Crippen molar-refractivity contribution in [3.8, 4) is 0 Å². The lowest BCUT2D eigenvalue weighted by atomic mass is 10.3. The van der Waals surface area contributed by atoms with Crippen molar-refractivity contribution in [2.75, 3.05) is 11.9 Å². The van der Waals surface area contributed by atoms with Crippen molar-refractivity contribution in [3.63, 3.8) is 0 Å². The number of anilines is 1. The molecule has 0 aliphatic heterocycles. The SMILES string of the molecule is Cn1ccc(CCNc2cccc(C(=O)O)n2)n1. The first kappa shape index (κ1) is 12.1. The molecule has 6 heteroatoms. The highest BCUT2D eigenvalue weighted by molar-refractivity contribution is 5.85. The Hall–Kier alpha value is -2.37. The van der Waals surface area contributed by atoms with Crippen LogP contribution >= 0.6 is 0 Å². The smallest absolute Gasteiger partial charge is 0.354 e. The maximum Gasteiger partial charge on any atom is 0.354 e. The van der Waals surface area contributed by atoms with Crippen molar-refractivity contribution < 1.29 is 9.90 Å². The number of carboxylic acids is 1. The third-order valence-electron chi connectivity index (χ3n) is 2.42. The van der Waals surface area contributed by atoms with Gasteiger partial charge < -0.3 is 10.4 Å². The van der Waals surface area contributed by atoms with Crippen molar-refractivity contribution in [1.29, 1.82) is 0 Å². The Morgan fingerprint density at radius 2 is 2.28 bits per heavy atom. The molecule has 0 aliphatic carbocycles. The highest BCUT2D eigenvalue weighted by atomic mass is 16.4. The van der Waals surface area contributed by atoms with Gasteiger partial charge in [0.25, 0.3) is 0 Å². The van der Waals surface area contributed by atoms with E-state index in [-0.39, 0.29) is 5.69 Å². The van der Waals surface area contributed by atoms with Crippen LogP contribution in [-0.2, 0) is 13.5 Å². The topological polar surface area (TPSA) is 80.0 Å². The first-order valence-electron chi connectivity index (χ1n) is 5.58. The minimum Gasteiger partial charge on any atom is -0.477 e. The van der Waals surface area contributed by atoms with Crippen molar-refractivity contribution >= 4 is 11.8 Å². The van der Waals surface area contributed by atoms with Crippen LogP contribution in [0.15, 0.2) is 30.5 Å². The van der Waals surface area contributed by atoms with Crippen LogP contribution in [0, 0.1) is 0 Å². The highest BCUT2D eigenvalue weighted by Gasteiger charge is 2.04. The van der Waals surface area contributed by atoms with E-state index in [1.807, 2.05) is 19.3 Å². The minimum atomic E-state index is -1.02. The molecule has 0 radical (unpaired) electrons. The summed E-state index contributed by atoms with van der Waals surface area (Å²) in [5.41, 5.74) is 1.03. The summed E-state index contributed by atoms with van der Waals surface area (Å²) in [7, 11) is 1.87. The van der Waals surface area contributed by atoms with E-state index in [2.05, 4.69) is 15.4 Å². The maximum atomic E-state index is 10.7. The summed E-state index contributed by atoms with van der Waals surface area (Å²) >= 11 is 0. The molecule has 0 saturated heterocycles. The number of hydrogen-bond donors (Lipinski definition) is 2. The van der Waals surface area contributed by atoms with Gasteiger partial charge in [-0.1, -0.05) is 6.07 Å². The fourth-order valence-electron chi connectivity index (χ4n) is 1.57. The molecular formula is C12H14N4O2. The third kappa shape index (κ3) is 3.07. The zero-order chi connectivity index (χ0) is 13.0. The number of nitrogens with one attached hydrogen (secondary N) is 1. The second-order valence-electron chi connectivity index (χ2n) is 3.87. The van der Waals surface area contributed by atoms with E-state index >= 15 is 0 Å². The predicted molar refractivity (Wildman–Crippen MR) is 66.6 cm³/mol. The van der Waals surface area contributed by atoms with E-state index in [1.165, 1.54) is 6.07 Å². The van der Waals surface area contributed by atoms with Gasteiger partial charge in [-0.05, 0) is 18.2 Å². The number of rotatable bonds is 5. The van der Waals surface area contributed by atoms with Crippen LogP contribution in [0.2, 0.25) is 0 Å². The van der Waals surface area contributed by atoms with Gasteiger partial charge in [-0.3, -0.25) is 4.68 Å². The largest absolute Gasteiger partial charge is 0.477 e. The van der Waals surface area contributed by atoms with Gasteiger partial charge in [-0.2, -0.15) is 5.10 Å². The number of aromatic nitrogens is 3. The summed E-state index contributed by atoms with van der Waals surface area (Å²) in [6.45, 7) is 0.660. The summed E-state index contributed by atoms with van der Waals surface area (Å²) in [4.78, 5) is 14.7. The first-order chi connectivity index (χ1) is 8.65. The zero-order valence-corrected chi connectivity index (χ0v) is 10.00. The Kier molecular flexibility index (Phi) is 3.57. The van der Waals surface area contributed by atoms with Crippen molar-refractivity contribution in [3.05, 3.63) is 41.9 Å². The first-order valence-corrected chi connectivity index (χ1v) is 5.58. The fourth-order valence-corrected chi connectivity index (χ4v) is 1.57. The summed E-state index contributed by atoms with van der Waals surface area (Å²) in [5.74, 6) is -0.464. The molecule has 0 aromatic carbocycles. The van der Waals surface area contributed by atoms with Gasteiger partial charge in [0, 0.05) is 26.2 Å².